The summed E-state index contributed by atoms with van der Waals surface area (Å²) in [6.45, 7) is 1.17. The first kappa shape index (κ1) is 21.9. The van der Waals surface area contributed by atoms with Crippen LogP contribution in [0.4, 0.5) is 5.69 Å². The number of hydrogen-bond acceptors (Lipinski definition) is 3. The number of rotatable bonds is 9. The molecule has 4 heteroatoms. The Kier molecular flexibility index (Phi) is 7.80. The van der Waals surface area contributed by atoms with Crippen molar-refractivity contribution in [1.82, 2.24) is 0 Å². The van der Waals surface area contributed by atoms with Gasteiger partial charge in [-0.25, -0.2) is 0 Å². The van der Waals surface area contributed by atoms with E-state index in [2.05, 4.69) is 5.32 Å². The van der Waals surface area contributed by atoms with E-state index in [4.69, 9.17) is 9.47 Å². The van der Waals surface area contributed by atoms with Gasteiger partial charge in [0.05, 0.1) is 12.2 Å². The Morgan fingerprint density at radius 2 is 1.53 bits per heavy atom. The van der Waals surface area contributed by atoms with Gasteiger partial charge in [0, 0.05) is 5.69 Å². The van der Waals surface area contributed by atoms with Crippen LogP contribution in [0.25, 0.3) is 0 Å². The minimum atomic E-state index is -0.195. The van der Waals surface area contributed by atoms with Crippen molar-refractivity contribution in [1.29, 1.82) is 0 Å². The van der Waals surface area contributed by atoms with Gasteiger partial charge in [0.2, 0.25) is 0 Å². The van der Waals surface area contributed by atoms with Crippen LogP contribution in [0.2, 0.25) is 0 Å². The molecule has 0 atom stereocenters. The van der Waals surface area contributed by atoms with E-state index in [0.717, 1.165) is 35.9 Å². The molecule has 1 saturated carbocycles. The number of nitrogens with one attached hydrogen (secondary N) is 1. The van der Waals surface area contributed by atoms with Gasteiger partial charge in [-0.2, -0.15) is 0 Å². The van der Waals surface area contributed by atoms with Crippen LogP contribution < -0.4 is 14.8 Å². The minimum absolute atomic E-state index is 0.195. The average molecular weight is 430 g/mol. The molecule has 4 nitrogen and oxygen atoms in total. The maximum absolute atomic E-state index is 12.9. The second kappa shape index (κ2) is 11.4. The zero-order valence-corrected chi connectivity index (χ0v) is 18.5. The summed E-state index contributed by atoms with van der Waals surface area (Å²) in [4.78, 5) is 12.9. The maximum atomic E-state index is 12.9. The summed E-state index contributed by atoms with van der Waals surface area (Å²) in [7, 11) is 0. The van der Waals surface area contributed by atoms with E-state index in [-0.39, 0.29) is 5.91 Å². The minimum Gasteiger partial charge on any atom is -0.494 e. The quantitative estimate of drug-likeness (QED) is 0.404. The summed E-state index contributed by atoms with van der Waals surface area (Å²) in [5.41, 5.74) is 2.30. The second-order valence-corrected chi connectivity index (χ2v) is 8.39. The summed E-state index contributed by atoms with van der Waals surface area (Å²) in [5.74, 6) is 2.02. The van der Waals surface area contributed by atoms with E-state index in [1.807, 2.05) is 72.8 Å². The van der Waals surface area contributed by atoms with E-state index in [0.29, 0.717) is 17.9 Å². The van der Waals surface area contributed by atoms with E-state index < -0.39 is 0 Å². The van der Waals surface area contributed by atoms with Crippen LogP contribution in [-0.4, -0.2) is 12.5 Å². The largest absolute Gasteiger partial charge is 0.494 e. The molecule has 1 N–H and O–H groups in total. The number of hydrogen-bond donors (Lipinski definition) is 1. The number of carbonyl (C=O) groups excluding carboxylic acids is 1. The fourth-order valence-electron chi connectivity index (χ4n) is 4.17. The van der Waals surface area contributed by atoms with E-state index in [9.17, 15) is 4.79 Å². The molecule has 0 radical (unpaired) electrons. The van der Waals surface area contributed by atoms with Crippen molar-refractivity contribution in [2.24, 2.45) is 5.92 Å². The zero-order chi connectivity index (χ0) is 22.0. The maximum Gasteiger partial charge on any atom is 0.259 e. The third-order valence-corrected chi connectivity index (χ3v) is 6.00. The van der Waals surface area contributed by atoms with Crippen LogP contribution in [0.1, 0.15) is 54.4 Å². The van der Waals surface area contributed by atoms with Gasteiger partial charge in [-0.3, -0.25) is 4.79 Å². The van der Waals surface area contributed by atoms with Gasteiger partial charge >= 0.3 is 0 Å². The number of ether oxygens (including phenoxy) is 2. The number of amides is 1. The van der Waals surface area contributed by atoms with E-state index in [1.54, 1.807) is 6.07 Å². The lowest BCUT2D eigenvalue weighted by molar-refractivity contribution is 0.102. The first-order chi connectivity index (χ1) is 15.8. The van der Waals surface area contributed by atoms with Crippen LogP contribution in [0, 0.1) is 5.92 Å². The number of benzene rings is 3. The zero-order valence-electron chi connectivity index (χ0n) is 18.5. The molecule has 166 valence electrons. The van der Waals surface area contributed by atoms with Crippen molar-refractivity contribution in [3.63, 3.8) is 0 Å². The molecule has 0 saturated heterocycles. The van der Waals surface area contributed by atoms with Crippen molar-refractivity contribution in [3.8, 4) is 11.5 Å². The summed E-state index contributed by atoms with van der Waals surface area (Å²) < 4.78 is 11.8. The second-order valence-electron chi connectivity index (χ2n) is 8.39. The monoisotopic (exact) mass is 429 g/mol. The van der Waals surface area contributed by atoms with Crippen molar-refractivity contribution in [2.45, 2.75) is 45.1 Å². The predicted molar refractivity (Wildman–Crippen MR) is 128 cm³/mol. The van der Waals surface area contributed by atoms with Crippen LogP contribution in [-0.2, 0) is 6.61 Å². The molecule has 0 aliphatic heterocycles. The van der Waals surface area contributed by atoms with Gasteiger partial charge in [-0.15, -0.1) is 0 Å². The summed E-state index contributed by atoms with van der Waals surface area (Å²) >= 11 is 0. The molecular weight excluding hydrogens is 398 g/mol. The van der Waals surface area contributed by atoms with Gasteiger partial charge in [0.15, 0.2) is 0 Å². The molecule has 3 aromatic carbocycles. The molecule has 0 spiro atoms. The van der Waals surface area contributed by atoms with Crippen LogP contribution in [0.3, 0.4) is 0 Å². The first-order valence-electron chi connectivity index (χ1n) is 11.6. The van der Waals surface area contributed by atoms with Crippen LogP contribution >= 0.6 is 0 Å². The average Bonchev–Trinajstić information content (AvgIpc) is 2.85. The molecule has 32 heavy (non-hydrogen) atoms. The highest BCUT2D eigenvalue weighted by atomic mass is 16.5. The van der Waals surface area contributed by atoms with Crippen molar-refractivity contribution >= 4 is 11.6 Å². The lowest BCUT2D eigenvalue weighted by atomic mass is 9.87. The Morgan fingerprint density at radius 3 is 2.31 bits per heavy atom. The Hall–Kier alpha value is -3.27. The molecule has 4 rings (SSSR count). The molecule has 1 fully saturated rings. The van der Waals surface area contributed by atoms with Crippen molar-refractivity contribution in [3.05, 3.63) is 90.0 Å². The Bertz CT molecular complexity index is 979. The van der Waals surface area contributed by atoms with Gasteiger partial charge in [0.1, 0.15) is 18.1 Å². The molecule has 0 heterocycles. The smallest absolute Gasteiger partial charge is 0.259 e. The Labute approximate surface area is 190 Å². The number of para-hydroxylation sites is 1. The lowest BCUT2D eigenvalue weighted by Crippen LogP contribution is -2.13. The first-order valence-corrected chi connectivity index (χ1v) is 11.6. The lowest BCUT2D eigenvalue weighted by Gasteiger charge is -2.21. The van der Waals surface area contributed by atoms with Crippen molar-refractivity contribution in [2.75, 3.05) is 11.9 Å². The number of anilines is 1. The normalized spacial score (nSPS) is 14.0. The van der Waals surface area contributed by atoms with Gasteiger partial charge in [0.25, 0.3) is 5.91 Å². The standard InChI is InChI=1S/C28H31NO3/c30-28(26-13-7-8-14-27(26)32-21-23-11-5-2-6-12-23)29-24-15-17-25(18-16-24)31-20-19-22-9-3-1-4-10-22/h2,5-8,11-18,22H,1,3-4,9-10,19-21H2,(H,29,30). The highest BCUT2D eigenvalue weighted by Gasteiger charge is 2.14. The molecule has 1 aliphatic rings. The van der Waals surface area contributed by atoms with Gasteiger partial charge in [-0.1, -0.05) is 74.6 Å². The van der Waals surface area contributed by atoms with Crippen LogP contribution in [0.5, 0.6) is 11.5 Å². The summed E-state index contributed by atoms with van der Waals surface area (Å²) in [6, 6.07) is 24.8. The molecule has 0 unspecified atom stereocenters. The third kappa shape index (κ3) is 6.36. The summed E-state index contributed by atoms with van der Waals surface area (Å²) in [5, 5.41) is 2.96. The van der Waals surface area contributed by atoms with E-state index in [1.165, 1.54) is 32.1 Å². The topological polar surface area (TPSA) is 47.6 Å². The molecule has 1 aliphatic carbocycles. The molecule has 1 amide bonds. The predicted octanol–water partition coefficient (Wildman–Crippen LogP) is 6.87. The highest BCUT2D eigenvalue weighted by Crippen LogP contribution is 2.27. The highest BCUT2D eigenvalue weighted by molar-refractivity contribution is 6.06. The van der Waals surface area contributed by atoms with Crippen LogP contribution in [0.15, 0.2) is 78.9 Å². The van der Waals surface area contributed by atoms with E-state index >= 15 is 0 Å². The summed E-state index contributed by atoms with van der Waals surface area (Å²) in [6.07, 6.45) is 7.90. The van der Waals surface area contributed by atoms with Crippen molar-refractivity contribution < 1.29 is 14.3 Å². The van der Waals surface area contributed by atoms with Gasteiger partial charge in [-0.05, 0) is 54.3 Å². The molecule has 3 aromatic rings. The Balaban J connectivity index is 1.29. The molecule has 0 bridgehead atoms. The Morgan fingerprint density at radius 1 is 0.812 bits per heavy atom. The third-order valence-electron chi connectivity index (χ3n) is 6.00. The number of carbonyl (C=O) groups is 1. The molecule has 0 aromatic heterocycles. The fraction of sp³-hybridized carbons (Fsp3) is 0.321. The van der Waals surface area contributed by atoms with Gasteiger partial charge < -0.3 is 14.8 Å². The molecular formula is C28H31NO3. The fourth-order valence-corrected chi connectivity index (χ4v) is 4.17. The SMILES string of the molecule is O=C(Nc1ccc(OCCC2CCCCC2)cc1)c1ccccc1OCc1ccccc1.